The van der Waals surface area contributed by atoms with Gasteiger partial charge in [0.25, 0.3) is 0 Å². The van der Waals surface area contributed by atoms with E-state index < -0.39 is 0 Å². The van der Waals surface area contributed by atoms with Crippen molar-refractivity contribution in [2.45, 2.75) is 40.0 Å². The van der Waals surface area contributed by atoms with Gasteiger partial charge in [-0.15, -0.1) is 34.9 Å². The predicted molar refractivity (Wildman–Crippen MR) is 186 cm³/mol. The minimum absolute atomic E-state index is 0. The number of imidazole rings is 1. The van der Waals surface area contributed by atoms with Crippen molar-refractivity contribution in [1.82, 2.24) is 14.5 Å². The van der Waals surface area contributed by atoms with Crippen LogP contribution < -0.4 is 0 Å². The first-order valence-electron chi connectivity index (χ1n) is 15.4. The Labute approximate surface area is 285 Å². The second-order valence-corrected chi connectivity index (χ2v) is 13.0. The third-order valence-electron chi connectivity index (χ3n) is 8.76. The van der Waals surface area contributed by atoms with Crippen molar-refractivity contribution in [3.8, 4) is 50.5 Å². The molecule has 5 aromatic carbocycles. The van der Waals surface area contributed by atoms with Gasteiger partial charge in [0, 0.05) is 45.2 Å². The van der Waals surface area contributed by atoms with Crippen LogP contribution in [0.4, 0.5) is 0 Å². The average molecular weight is 782 g/mol. The van der Waals surface area contributed by atoms with Crippen LogP contribution in [0.5, 0.6) is 5.75 Å². The molecule has 4 nitrogen and oxygen atoms in total. The number of pyridine rings is 1. The van der Waals surface area contributed by atoms with Gasteiger partial charge < -0.3 is 9.67 Å². The van der Waals surface area contributed by atoms with E-state index in [0.29, 0.717) is 0 Å². The molecule has 2 aromatic heterocycles. The standard InChI is InChI=1S/C41H36N3O.Pt/c1-25-20-28(23-29(21-25)33-22-26(2)37(27-12-8-7-9-13-27)32-15-11-19-42-38(32)33)31-14-10-16-35-39(31)43-40(44(35)6)34-24-30(41(3,4)5)17-18-36(34)45;/h7-22,24,45H,1-6H3;/q-1;. The summed E-state index contributed by atoms with van der Waals surface area (Å²) in [6.07, 6.45) is 1.87. The Bertz CT molecular complexity index is 2240. The molecule has 0 atom stereocenters. The van der Waals surface area contributed by atoms with E-state index in [2.05, 4.69) is 118 Å². The van der Waals surface area contributed by atoms with Gasteiger partial charge in [-0.1, -0.05) is 99.5 Å². The zero-order chi connectivity index (χ0) is 31.5. The summed E-state index contributed by atoms with van der Waals surface area (Å²) in [6, 6.07) is 37.2. The normalized spacial score (nSPS) is 11.6. The molecule has 0 amide bonds. The maximum absolute atomic E-state index is 10.9. The smallest absolute Gasteiger partial charge is 0.143 e. The summed E-state index contributed by atoms with van der Waals surface area (Å²) < 4.78 is 2.07. The van der Waals surface area contributed by atoms with Gasteiger partial charge in [0.2, 0.25) is 0 Å². The zero-order valence-corrected chi connectivity index (χ0v) is 29.2. The number of nitrogens with zero attached hydrogens (tertiary/aromatic N) is 3. The van der Waals surface area contributed by atoms with Gasteiger partial charge in [-0.3, -0.25) is 4.98 Å². The van der Waals surface area contributed by atoms with Crippen LogP contribution in [0.15, 0.2) is 103 Å². The van der Waals surface area contributed by atoms with Crippen LogP contribution in [0.1, 0.15) is 37.5 Å². The molecule has 2 heterocycles. The number of para-hydroxylation sites is 1. The van der Waals surface area contributed by atoms with Crippen LogP contribution in [0, 0.1) is 19.9 Å². The molecule has 0 aliphatic rings. The summed E-state index contributed by atoms with van der Waals surface area (Å²) in [6.45, 7) is 10.8. The maximum Gasteiger partial charge on any atom is 0.143 e. The van der Waals surface area contributed by atoms with E-state index in [0.717, 1.165) is 66.7 Å². The van der Waals surface area contributed by atoms with Gasteiger partial charge in [-0.05, 0) is 58.9 Å². The van der Waals surface area contributed by atoms with Gasteiger partial charge in [0.05, 0.1) is 16.6 Å². The Hall–Kier alpha value is -4.53. The Morgan fingerprint density at radius 2 is 1.48 bits per heavy atom. The molecule has 1 N–H and O–H groups in total. The summed E-state index contributed by atoms with van der Waals surface area (Å²) in [5.74, 6) is 0.956. The van der Waals surface area contributed by atoms with Crippen molar-refractivity contribution in [2.75, 3.05) is 0 Å². The molecule has 0 radical (unpaired) electrons. The average Bonchev–Trinajstić information content (AvgIpc) is 3.36. The SMILES string of the molecule is Cc1cc(-c2cc(C)c(-c3ccccc3)c3cccnc23)[c-]c(-c2cccc3c2nc(-c2cc(C(C)(C)C)ccc2O)n3C)c1.[Pt]. The molecule has 46 heavy (non-hydrogen) atoms. The van der Waals surface area contributed by atoms with Crippen molar-refractivity contribution < 1.29 is 26.2 Å². The van der Waals surface area contributed by atoms with E-state index in [1.807, 2.05) is 31.4 Å². The van der Waals surface area contributed by atoms with Crippen LogP contribution in [-0.2, 0) is 33.5 Å². The van der Waals surface area contributed by atoms with Gasteiger partial charge in [0.1, 0.15) is 11.6 Å². The van der Waals surface area contributed by atoms with Crippen LogP contribution >= 0.6 is 0 Å². The van der Waals surface area contributed by atoms with Crippen molar-refractivity contribution in [3.05, 3.63) is 126 Å². The number of hydrogen-bond acceptors (Lipinski definition) is 3. The second kappa shape index (κ2) is 12.0. The Kier molecular flexibility index (Phi) is 8.21. The molecule has 232 valence electrons. The summed E-state index contributed by atoms with van der Waals surface area (Å²) in [4.78, 5) is 10.0. The molecule has 5 heteroatoms. The fourth-order valence-electron chi connectivity index (χ4n) is 6.44. The van der Waals surface area contributed by atoms with Crippen LogP contribution in [-0.4, -0.2) is 19.6 Å². The van der Waals surface area contributed by atoms with E-state index in [4.69, 9.17) is 9.97 Å². The quantitative estimate of drug-likeness (QED) is 0.181. The molecule has 7 aromatic rings. The van der Waals surface area contributed by atoms with Gasteiger partial charge in [-0.2, -0.15) is 0 Å². The topological polar surface area (TPSA) is 50.9 Å². The molecule has 0 unspecified atom stereocenters. The number of aryl methyl sites for hydroxylation is 3. The number of phenols is 1. The largest absolute Gasteiger partial charge is 0.507 e. The summed E-state index contributed by atoms with van der Waals surface area (Å²) >= 11 is 0. The van der Waals surface area contributed by atoms with Gasteiger partial charge in [-0.25, -0.2) is 4.98 Å². The predicted octanol–water partition coefficient (Wildman–Crippen LogP) is 10.2. The second-order valence-electron chi connectivity index (χ2n) is 13.0. The molecule has 0 saturated heterocycles. The summed E-state index contributed by atoms with van der Waals surface area (Å²) in [5.41, 5.74) is 13.4. The summed E-state index contributed by atoms with van der Waals surface area (Å²) in [7, 11) is 2.01. The number of hydrogen-bond donors (Lipinski definition) is 1. The van der Waals surface area contributed by atoms with Crippen molar-refractivity contribution >= 4 is 21.9 Å². The molecule has 0 spiro atoms. The molecular formula is C41H36N3OPt-. The molecule has 0 aliphatic heterocycles. The number of aromatic nitrogens is 3. The molecule has 7 rings (SSSR count). The van der Waals surface area contributed by atoms with Gasteiger partial charge >= 0.3 is 0 Å². The first-order valence-corrected chi connectivity index (χ1v) is 15.4. The maximum atomic E-state index is 10.9. The monoisotopic (exact) mass is 781 g/mol. The fraction of sp³-hybridized carbons (Fsp3) is 0.171. The van der Waals surface area contributed by atoms with E-state index in [1.54, 1.807) is 6.07 Å². The van der Waals surface area contributed by atoms with Gasteiger partial charge in [0.15, 0.2) is 0 Å². The molecule has 0 aliphatic carbocycles. The number of phenolic OH excluding ortho intramolecular Hbond substituents is 1. The molecule has 0 bridgehead atoms. The Morgan fingerprint density at radius 1 is 0.739 bits per heavy atom. The minimum atomic E-state index is -0.0538. The van der Waals surface area contributed by atoms with Crippen LogP contribution in [0.2, 0.25) is 0 Å². The molecular weight excluding hydrogens is 746 g/mol. The number of rotatable bonds is 4. The zero-order valence-electron chi connectivity index (χ0n) is 26.9. The first-order chi connectivity index (χ1) is 21.6. The fourth-order valence-corrected chi connectivity index (χ4v) is 6.44. The van der Waals surface area contributed by atoms with Crippen LogP contribution in [0.3, 0.4) is 0 Å². The summed E-state index contributed by atoms with van der Waals surface area (Å²) in [5, 5.41) is 12.1. The van der Waals surface area contributed by atoms with Crippen molar-refractivity contribution in [3.63, 3.8) is 0 Å². The minimum Gasteiger partial charge on any atom is -0.507 e. The third-order valence-corrected chi connectivity index (χ3v) is 8.76. The third kappa shape index (κ3) is 5.46. The molecule has 0 saturated carbocycles. The number of benzene rings is 5. The van der Waals surface area contributed by atoms with E-state index in [1.165, 1.54) is 16.7 Å². The number of aromatic hydroxyl groups is 1. The molecule has 0 fully saturated rings. The van der Waals surface area contributed by atoms with E-state index in [-0.39, 0.29) is 32.2 Å². The number of fused-ring (bicyclic) bond motifs is 2. The first kappa shape index (κ1) is 31.5. The van der Waals surface area contributed by atoms with E-state index in [9.17, 15) is 5.11 Å². The van der Waals surface area contributed by atoms with Crippen molar-refractivity contribution in [1.29, 1.82) is 0 Å². The van der Waals surface area contributed by atoms with E-state index >= 15 is 0 Å². The van der Waals surface area contributed by atoms with Crippen LogP contribution in [0.25, 0.3) is 66.7 Å². The Balaban J connectivity index is 0.00000372. The van der Waals surface area contributed by atoms with Crippen molar-refractivity contribution in [2.24, 2.45) is 7.05 Å². The Morgan fingerprint density at radius 3 is 2.22 bits per heavy atom.